The van der Waals surface area contributed by atoms with E-state index in [9.17, 15) is 27.3 Å². The second kappa shape index (κ2) is 14.7. The van der Waals surface area contributed by atoms with E-state index in [4.69, 9.17) is 9.47 Å². The van der Waals surface area contributed by atoms with Gasteiger partial charge in [-0.1, -0.05) is 45.0 Å². The highest BCUT2D eigenvalue weighted by molar-refractivity contribution is 7.90. The number of carboxylic acid groups (broad SMARTS) is 1. The van der Waals surface area contributed by atoms with Gasteiger partial charge in [-0.15, -0.1) is 0 Å². The van der Waals surface area contributed by atoms with Gasteiger partial charge in [0, 0.05) is 41.2 Å². The van der Waals surface area contributed by atoms with Crippen molar-refractivity contribution in [3.8, 4) is 17.2 Å². The predicted octanol–water partition coefficient (Wildman–Crippen LogP) is 7.53. The topological polar surface area (TPSA) is 185 Å². The Morgan fingerprint density at radius 3 is 2.22 bits per heavy atom. The fourth-order valence-electron chi connectivity index (χ4n) is 5.25. The number of aromatic nitrogens is 1. The minimum Gasteiger partial charge on any atom is -0.492 e. The summed E-state index contributed by atoms with van der Waals surface area (Å²) in [6, 6.07) is 21.1. The zero-order valence-corrected chi connectivity index (χ0v) is 30.3. The molecule has 2 amide bonds. The molecule has 0 saturated heterocycles. The lowest BCUT2D eigenvalue weighted by molar-refractivity contribution is 0.0692. The summed E-state index contributed by atoms with van der Waals surface area (Å²) in [6.07, 6.45) is 3.96. The number of hydrogen-bond acceptors (Lipinski definition) is 9. The van der Waals surface area contributed by atoms with Crippen LogP contribution in [0.3, 0.4) is 0 Å². The minimum absolute atomic E-state index is 0.280. The van der Waals surface area contributed by atoms with Crippen LogP contribution in [0.2, 0.25) is 0 Å². The molecule has 0 fully saturated rings. The van der Waals surface area contributed by atoms with Crippen molar-refractivity contribution in [2.24, 2.45) is 0 Å². The summed E-state index contributed by atoms with van der Waals surface area (Å²) in [5.74, 6) is 0.200. The van der Waals surface area contributed by atoms with E-state index in [1.807, 2.05) is 57.2 Å². The van der Waals surface area contributed by atoms with Gasteiger partial charge in [-0.3, -0.25) is 0 Å². The van der Waals surface area contributed by atoms with Crippen molar-refractivity contribution in [2.75, 3.05) is 40.3 Å². The number of urea groups is 1. The van der Waals surface area contributed by atoms with Gasteiger partial charge in [0.25, 0.3) is 0 Å². The Labute approximate surface area is 297 Å². The second-order valence-corrected chi connectivity index (χ2v) is 15.6. The molecule has 15 heteroatoms. The molecule has 0 aliphatic carbocycles. The van der Waals surface area contributed by atoms with Crippen molar-refractivity contribution in [3.63, 3.8) is 0 Å². The van der Waals surface area contributed by atoms with Gasteiger partial charge in [-0.05, 0) is 59.5 Å². The SMILES string of the molecule is COc1c(NC(=O)Nc2ccc(Oc3ccnc(Nc4ccc(C(=O)O)c(S(C)(=O)=O)c4)c3)c3ccccc23)cc(C(C)(C)C)cc1N[S@](C)=O. The third-order valence-corrected chi connectivity index (χ3v) is 9.28. The van der Waals surface area contributed by atoms with Gasteiger partial charge < -0.3 is 35.3 Å². The molecule has 1 aromatic heterocycles. The van der Waals surface area contributed by atoms with Crippen LogP contribution in [0.15, 0.2) is 90.0 Å². The third-order valence-electron chi connectivity index (χ3n) is 7.64. The van der Waals surface area contributed by atoms with E-state index in [2.05, 4.69) is 25.7 Å². The lowest BCUT2D eigenvalue weighted by Gasteiger charge is -2.24. The Balaban J connectivity index is 1.39. The number of benzene rings is 4. The molecule has 5 rings (SSSR count). The number of ether oxygens (including phenoxy) is 2. The number of hydrogen-bond donors (Lipinski definition) is 5. The molecule has 5 N–H and O–H groups in total. The number of pyridine rings is 1. The van der Waals surface area contributed by atoms with E-state index in [1.165, 1.54) is 37.8 Å². The van der Waals surface area contributed by atoms with Gasteiger partial charge in [0.2, 0.25) is 0 Å². The summed E-state index contributed by atoms with van der Waals surface area (Å²) in [7, 11) is -3.73. The van der Waals surface area contributed by atoms with Gasteiger partial charge in [0.05, 0.1) is 34.6 Å². The molecule has 5 aromatic rings. The maximum absolute atomic E-state index is 13.4. The molecule has 0 saturated carbocycles. The van der Waals surface area contributed by atoms with Gasteiger partial charge in [-0.25, -0.2) is 27.2 Å². The lowest BCUT2D eigenvalue weighted by Crippen LogP contribution is -2.21. The van der Waals surface area contributed by atoms with Gasteiger partial charge in [0.15, 0.2) is 15.6 Å². The van der Waals surface area contributed by atoms with Crippen molar-refractivity contribution in [1.82, 2.24) is 4.98 Å². The summed E-state index contributed by atoms with van der Waals surface area (Å²) in [5.41, 5.74) is 1.99. The van der Waals surface area contributed by atoms with Crippen LogP contribution in [-0.4, -0.2) is 54.3 Å². The van der Waals surface area contributed by atoms with E-state index in [0.29, 0.717) is 56.6 Å². The van der Waals surface area contributed by atoms with Crippen LogP contribution < -0.4 is 30.1 Å². The maximum atomic E-state index is 13.4. The van der Waals surface area contributed by atoms with Crippen LogP contribution in [0.5, 0.6) is 17.2 Å². The van der Waals surface area contributed by atoms with Gasteiger partial charge in [0.1, 0.15) is 28.3 Å². The first-order valence-electron chi connectivity index (χ1n) is 15.4. The molecule has 0 spiro atoms. The highest BCUT2D eigenvalue weighted by Crippen LogP contribution is 2.40. The summed E-state index contributed by atoms with van der Waals surface area (Å²) in [6.45, 7) is 6.09. The third kappa shape index (κ3) is 8.74. The number of fused-ring (bicyclic) bond motifs is 1. The average Bonchev–Trinajstić information content (AvgIpc) is 3.05. The van der Waals surface area contributed by atoms with E-state index >= 15 is 0 Å². The van der Waals surface area contributed by atoms with Crippen LogP contribution in [0.25, 0.3) is 10.8 Å². The summed E-state index contributed by atoms with van der Waals surface area (Å²) >= 11 is 0. The van der Waals surface area contributed by atoms with Crippen molar-refractivity contribution in [3.05, 3.63) is 96.2 Å². The number of sulfone groups is 1. The first kappa shape index (κ1) is 36.6. The highest BCUT2D eigenvalue weighted by atomic mass is 32.2. The second-order valence-electron chi connectivity index (χ2n) is 12.5. The number of nitrogens with zero attached hydrogens (tertiary/aromatic N) is 1. The number of amides is 2. The van der Waals surface area contributed by atoms with Crippen molar-refractivity contribution < 1.29 is 36.8 Å². The normalized spacial score (nSPS) is 12.1. The van der Waals surface area contributed by atoms with Crippen LogP contribution in [-0.2, 0) is 26.2 Å². The summed E-state index contributed by atoms with van der Waals surface area (Å²) in [4.78, 5) is 28.9. The molecule has 4 aromatic carbocycles. The lowest BCUT2D eigenvalue weighted by atomic mass is 9.86. The standard InChI is InChI=1S/C36H37N5O8S2/c1-36(2,3)21-17-28(33(48-4)29(18-21)41-50(5)45)40-35(44)39-27-13-14-30(25-10-8-7-9-24(25)27)49-23-15-16-37-32(20-23)38-22-11-12-26(34(42)43)31(19-22)51(6,46)47/h7-20,41H,1-6H3,(H,37,38)(H,42,43)(H2,39,40,44)/t50-/m0/s1. The van der Waals surface area contributed by atoms with Crippen LogP contribution in [0.1, 0.15) is 36.7 Å². The van der Waals surface area contributed by atoms with E-state index in [1.54, 1.807) is 24.3 Å². The van der Waals surface area contributed by atoms with Gasteiger partial charge in [-0.2, -0.15) is 0 Å². The first-order valence-corrected chi connectivity index (χ1v) is 18.9. The quantitative estimate of drug-likeness (QED) is 0.0910. The Hall–Kier alpha value is -5.67. The molecule has 0 unspecified atom stereocenters. The molecule has 266 valence electrons. The van der Waals surface area contributed by atoms with E-state index in [0.717, 1.165) is 11.8 Å². The van der Waals surface area contributed by atoms with E-state index < -0.39 is 32.8 Å². The molecule has 0 aliphatic rings. The largest absolute Gasteiger partial charge is 0.492 e. The Bertz CT molecular complexity index is 2290. The first-order chi connectivity index (χ1) is 24.0. The highest BCUT2D eigenvalue weighted by Gasteiger charge is 2.22. The fourth-order valence-corrected chi connectivity index (χ4v) is 6.61. The Morgan fingerprint density at radius 2 is 1.57 bits per heavy atom. The molecule has 1 atom stereocenters. The Morgan fingerprint density at radius 1 is 0.882 bits per heavy atom. The number of carbonyl (C=O) groups is 2. The molecule has 0 aliphatic heterocycles. The minimum atomic E-state index is -3.82. The number of nitrogens with one attached hydrogen (secondary N) is 4. The van der Waals surface area contributed by atoms with Crippen molar-refractivity contribution in [2.45, 2.75) is 31.1 Å². The summed E-state index contributed by atoms with van der Waals surface area (Å²) < 4.78 is 51.3. The monoisotopic (exact) mass is 731 g/mol. The predicted molar refractivity (Wildman–Crippen MR) is 200 cm³/mol. The molecule has 51 heavy (non-hydrogen) atoms. The zero-order chi connectivity index (χ0) is 37.1. The average molecular weight is 732 g/mol. The summed E-state index contributed by atoms with van der Waals surface area (Å²) in [5, 5.41) is 19.6. The number of carboxylic acids is 1. The number of aromatic carboxylic acids is 1. The van der Waals surface area contributed by atoms with E-state index in [-0.39, 0.29) is 15.9 Å². The molecule has 13 nitrogen and oxygen atoms in total. The number of anilines is 5. The molecule has 0 radical (unpaired) electrons. The van der Waals surface area contributed by atoms with Crippen LogP contribution in [0.4, 0.5) is 33.4 Å². The van der Waals surface area contributed by atoms with Crippen molar-refractivity contribution in [1.29, 1.82) is 0 Å². The maximum Gasteiger partial charge on any atom is 0.337 e. The Kier molecular flexibility index (Phi) is 10.5. The van der Waals surface area contributed by atoms with Crippen LogP contribution in [0, 0.1) is 0 Å². The molecular formula is C36H37N5O8S2. The fraction of sp³-hybridized carbons (Fsp3) is 0.194. The number of rotatable bonds is 11. The molecular weight excluding hydrogens is 695 g/mol. The van der Waals surface area contributed by atoms with Crippen LogP contribution >= 0.6 is 0 Å². The zero-order valence-electron chi connectivity index (χ0n) is 28.7. The van der Waals surface area contributed by atoms with Gasteiger partial charge >= 0.3 is 12.0 Å². The smallest absolute Gasteiger partial charge is 0.337 e. The molecule has 0 bridgehead atoms. The number of carbonyl (C=O) groups excluding carboxylic acids is 1. The van der Waals surface area contributed by atoms with Crippen molar-refractivity contribution >= 4 is 72.2 Å². The number of methoxy groups -OCH3 is 1. The molecule has 1 heterocycles.